The molecule has 1 aromatic carbocycles. The third-order valence-electron chi connectivity index (χ3n) is 2.02. The van der Waals surface area contributed by atoms with Crippen LogP contribution in [0.25, 0.3) is 0 Å². The van der Waals surface area contributed by atoms with Gasteiger partial charge in [0.15, 0.2) is 5.78 Å². The second-order valence-corrected chi connectivity index (χ2v) is 3.06. The molecule has 1 aromatic rings. The molecule has 0 amide bonds. The first kappa shape index (κ1) is 9.86. The summed E-state index contributed by atoms with van der Waals surface area (Å²) in [4.78, 5) is 11.0. The number of carbonyl (C=O) groups excluding carboxylic acids is 1. The summed E-state index contributed by atoms with van der Waals surface area (Å²) in [7, 11) is 0. The highest BCUT2D eigenvalue weighted by molar-refractivity contribution is 5.83. The van der Waals surface area contributed by atoms with Gasteiger partial charge in [-0.3, -0.25) is 4.79 Å². The molecule has 0 bridgehead atoms. The van der Waals surface area contributed by atoms with E-state index in [1.807, 2.05) is 0 Å². The van der Waals surface area contributed by atoms with Crippen LogP contribution in [0.4, 0.5) is 4.39 Å². The van der Waals surface area contributed by atoms with Gasteiger partial charge in [0.1, 0.15) is 5.82 Å². The van der Waals surface area contributed by atoms with E-state index in [0.29, 0.717) is 11.1 Å². The van der Waals surface area contributed by atoms with Crippen LogP contribution in [-0.2, 0) is 4.79 Å². The maximum absolute atomic E-state index is 13.2. The lowest BCUT2D eigenvalue weighted by molar-refractivity contribution is -0.118. The van der Waals surface area contributed by atoms with E-state index >= 15 is 0 Å². The van der Waals surface area contributed by atoms with Crippen molar-refractivity contribution >= 4 is 5.78 Å². The molecule has 1 atom stereocenters. The number of rotatable bonds is 2. The number of carbonyl (C=O) groups is 1. The first-order chi connectivity index (χ1) is 6.04. The Morgan fingerprint density at radius 3 is 2.62 bits per heavy atom. The highest BCUT2D eigenvalue weighted by Gasteiger charge is 2.17. The Labute approximate surface area is 76.6 Å². The van der Waals surface area contributed by atoms with E-state index in [4.69, 9.17) is 5.73 Å². The summed E-state index contributed by atoms with van der Waals surface area (Å²) < 4.78 is 13.2. The third kappa shape index (κ3) is 1.92. The van der Waals surface area contributed by atoms with E-state index in [0.717, 1.165) is 0 Å². The summed E-state index contributed by atoms with van der Waals surface area (Å²) >= 11 is 0. The van der Waals surface area contributed by atoms with Gasteiger partial charge >= 0.3 is 0 Å². The zero-order chi connectivity index (χ0) is 10.0. The fourth-order valence-electron chi connectivity index (χ4n) is 1.24. The van der Waals surface area contributed by atoms with Gasteiger partial charge < -0.3 is 5.73 Å². The van der Waals surface area contributed by atoms with Gasteiger partial charge in [-0.1, -0.05) is 12.1 Å². The number of ketones is 1. The Bertz CT molecular complexity index is 315. The van der Waals surface area contributed by atoms with Crippen molar-refractivity contribution in [3.8, 4) is 0 Å². The molecular formula is C10H12FNO. The topological polar surface area (TPSA) is 43.1 Å². The number of hydrogen-bond donors (Lipinski definition) is 1. The normalized spacial score (nSPS) is 12.6. The Balaban J connectivity index is 3.20. The zero-order valence-electron chi connectivity index (χ0n) is 7.67. The summed E-state index contributed by atoms with van der Waals surface area (Å²) in [6.07, 6.45) is 0. The van der Waals surface area contributed by atoms with E-state index in [9.17, 15) is 9.18 Å². The van der Waals surface area contributed by atoms with Gasteiger partial charge in [0, 0.05) is 5.56 Å². The van der Waals surface area contributed by atoms with Gasteiger partial charge in [0.25, 0.3) is 0 Å². The van der Waals surface area contributed by atoms with Crippen molar-refractivity contribution in [2.45, 2.75) is 19.9 Å². The molecule has 0 saturated heterocycles. The minimum Gasteiger partial charge on any atom is -0.318 e. The van der Waals surface area contributed by atoms with Crippen LogP contribution in [0.3, 0.4) is 0 Å². The Morgan fingerprint density at radius 2 is 2.15 bits per heavy atom. The molecule has 2 N–H and O–H groups in total. The van der Waals surface area contributed by atoms with E-state index in [-0.39, 0.29) is 5.78 Å². The molecular weight excluding hydrogens is 169 g/mol. The number of hydrogen-bond acceptors (Lipinski definition) is 2. The van der Waals surface area contributed by atoms with Gasteiger partial charge in [0.05, 0.1) is 6.04 Å². The Morgan fingerprint density at radius 1 is 1.54 bits per heavy atom. The SMILES string of the molecule is CC(=O)C(N)c1c(C)cccc1F. The third-order valence-corrected chi connectivity index (χ3v) is 2.02. The highest BCUT2D eigenvalue weighted by atomic mass is 19.1. The maximum Gasteiger partial charge on any atom is 0.151 e. The van der Waals surface area contributed by atoms with Crippen LogP contribution in [0.2, 0.25) is 0 Å². The first-order valence-corrected chi connectivity index (χ1v) is 4.05. The average molecular weight is 181 g/mol. The van der Waals surface area contributed by atoms with E-state index in [1.54, 1.807) is 19.1 Å². The maximum atomic E-state index is 13.2. The van der Waals surface area contributed by atoms with Gasteiger partial charge in [-0.2, -0.15) is 0 Å². The predicted octanol–water partition coefficient (Wildman–Crippen LogP) is 1.72. The van der Waals surface area contributed by atoms with E-state index in [2.05, 4.69) is 0 Å². The number of aryl methyl sites for hydroxylation is 1. The smallest absolute Gasteiger partial charge is 0.151 e. The molecule has 1 rings (SSSR count). The van der Waals surface area contributed by atoms with E-state index < -0.39 is 11.9 Å². The predicted molar refractivity (Wildman–Crippen MR) is 48.7 cm³/mol. The van der Waals surface area contributed by atoms with Crippen LogP contribution in [0, 0.1) is 12.7 Å². The fraction of sp³-hybridized carbons (Fsp3) is 0.300. The van der Waals surface area contributed by atoms with Crippen LogP contribution in [0.1, 0.15) is 24.1 Å². The van der Waals surface area contributed by atoms with E-state index in [1.165, 1.54) is 13.0 Å². The van der Waals surface area contributed by atoms with Crippen LogP contribution < -0.4 is 5.73 Å². The summed E-state index contributed by atoms with van der Waals surface area (Å²) in [5.74, 6) is -0.643. The zero-order valence-corrected chi connectivity index (χ0v) is 7.67. The molecule has 3 heteroatoms. The van der Waals surface area contributed by atoms with Gasteiger partial charge in [-0.15, -0.1) is 0 Å². The first-order valence-electron chi connectivity index (χ1n) is 4.05. The number of Topliss-reactive ketones (excluding diaryl/α,β-unsaturated/α-hetero) is 1. The fourth-order valence-corrected chi connectivity index (χ4v) is 1.24. The second kappa shape index (κ2) is 3.66. The number of halogens is 1. The van der Waals surface area contributed by atoms with Crippen molar-refractivity contribution in [3.05, 3.63) is 35.1 Å². The molecule has 70 valence electrons. The summed E-state index contributed by atoms with van der Waals surface area (Å²) in [6.45, 7) is 3.10. The van der Waals surface area contributed by atoms with Crippen molar-refractivity contribution in [3.63, 3.8) is 0 Å². The Kier molecular flexibility index (Phi) is 2.78. The van der Waals surface area contributed by atoms with Crippen molar-refractivity contribution in [1.82, 2.24) is 0 Å². The largest absolute Gasteiger partial charge is 0.318 e. The van der Waals surface area contributed by atoms with Gasteiger partial charge in [0.2, 0.25) is 0 Å². The summed E-state index contributed by atoms with van der Waals surface area (Å²) in [5.41, 5.74) is 6.56. The molecule has 0 fully saturated rings. The molecule has 0 aliphatic heterocycles. The van der Waals surface area contributed by atoms with Crippen molar-refractivity contribution in [2.75, 3.05) is 0 Å². The minimum atomic E-state index is -0.846. The van der Waals surface area contributed by atoms with Crippen molar-refractivity contribution in [1.29, 1.82) is 0 Å². The molecule has 0 radical (unpaired) electrons. The number of nitrogens with two attached hydrogens (primary N) is 1. The molecule has 0 heterocycles. The lowest BCUT2D eigenvalue weighted by Crippen LogP contribution is -2.21. The molecule has 13 heavy (non-hydrogen) atoms. The van der Waals surface area contributed by atoms with Crippen LogP contribution in [0.15, 0.2) is 18.2 Å². The molecule has 0 aromatic heterocycles. The molecule has 0 spiro atoms. The van der Waals surface area contributed by atoms with Crippen LogP contribution >= 0.6 is 0 Å². The number of benzene rings is 1. The van der Waals surface area contributed by atoms with Gasteiger partial charge in [-0.25, -0.2) is 4.39 Å². The lowest BCUT2D eigenvalue weighted by atomic mass is 9.99. The highest BCUT2D eigenvalue weighted by Crippen LogP contribution is 2.19. The minimum absolute atomic E-state index is 0.229. The monoisotopic (exact) mass is 181 g/mol. The van der Waals surface area contributed by atoms with Gasteiger partial charge in [-0.05, 0) is 25.5 Å². The van der Waals surface area contributed by atoms with Crippen LogP contribution in [-0.4, -0.2) is 5.78 Å². The molecule has 0 aliphatic rings. The summed E-state index contributed by atoms with van der Waals surface area (Å²) in [5, 5.41) is 0. The molecule has 0 saturated carbocycles. The summed E-state index contributed by atoms with van der Waals surface area (Å²) in [6, 6.07) is 3.80. The quantitative estimate of drug-likeness (QED) is 0.754. The second-order valence-electron chi connectivity index (χ2n) is 3.06. The molecule has 0 aliphatic carbocycles. The lowest BCUT2D eigenvalue weighted by Gasteiger charge is -2.11. The van der Waals surface area contributed by atoms with Crippen molar-refractivity contribution < 1.29 is 9.18 Å². The molecule has 2 nitrogen and oxygen atoms in total. The Hall–Kier alpha value is -1.22. The molecule has 1 unspecified atom stereocenters. The van der Waals surface area contributed by atoms with Crippen molar-refractivity contribution in [2.24, 2.45) is 5.73 Å². The van der Waals surface area contributed by atoms with Crippen LogP contribution in [0.5, 0.6) is 0 Å². The standard InChI is InChI=1S/C10H12FNO/c1-6-4-3-5-8(11)9(6)10(12)7(2)13/h3-5,10H,12H2,1-2H3. The average Bonchev–Trinajstić information content (AvgIpc) is 2.03.